The second kappa shape index (κ2) is 12.0. The minimum Gasteiger partial charge on any atom is -0.444 e. The Balaban J connectivity index is 0.00000167. The number of rotatable bonds is 2. The van der Waals surface area contributed by atoms with Gasteiger partial charge in [0, 0.05) is 30.2 Å². The predicted molar refractivity (Wildman–Crippen MR) is 145 cm³/mol. The molecule has 4 rings (SSSR count). The molecule has 1 unspecified atom stereocenters. The first-order valence-electron chi connectivity index (χ1n) is 12.8. The first-order valence-corrected chi connectivity index (χ1v) is 13.2. The second-order valence-electron chi connectivity index (χ2n) is 9.98. The number of fused-ring (bicyclic) bond motifs is 2. The van der Waals surface area contributed by atoms with Gasteiger partial charge in [0.15, 0.2) is 0 Å². The molecule has 0 bridgehead atoms. The summed E-state index contributed by atoms with van der Waals surface area (Å²) in [5.41, 5.74) is 4.63. The molecule has 0 radical (unpaired) electrons. The molecule has 0 saturated carbocycles. The maximum atomic E-state index is 12.6. The van der Waals surface area contributed by atoms with Crippen LogP contribution in [0.25, 0.3) is 6.08 Å². The molecular weight excluding hydrogens is 460 g/mol. The van der Waals surface area contributed by atoms with E-state index in [2.05, 4.69) is 24.3 Å². The third-order valence-electron chi connectivity index (χ3n) is 6.46. The van der Waals surface area contributed by atoms with E-state index >= 15 is 0 Å². The zero-order valence-corrected chi connectivity index (χ0v) is 22.4. The van der Waals surface area contributed by atoms with Crippen LogP contribution in [-0.4, -0.2) is 47.1 Å². The van der Waals surface area contributed by atoms with Crippen LogP contribution in [0.2, 0.25) is 5.02 Å². The number of likely N-dealkylation sites (tertiary alicyclic amines) is 1. The number of nitrogens with zero attached hydrogens (tertiary/aromatic N) is 2. The molecule has 2 heterocycles. The number of piperidine rings is 1. The fraction of sp³-hybridized carbons (Fsp3) is 0.517. The molecule has 190 valence electrons. The number of carbonyl (C=O) groups is 1. The predicted octanol–water partition coefficient (Wildman–Crippen LogP) is 7.16. The lowest BCUT2D eigenvalue weighted by molar-refractivity contribution is 0.0181. The molecule has 6 heteroatoms. The van der Waals surface area contributed by atoms with Gasteiger partial charge in [-0.15, -0.1) is 0 Å². The quantitative estimate of drug-likeness (QED) is 0.470. The van der Waals surface area contributed by atoms with Gasteiger partial charge in [-0.3, -0.25) is 4.99 Å². The molecule has 35 heavy (non-hydrogen) atoms. The zero-order valence-electron chi connectivity index (χ0n) is 21.7. The summed E-state index contributed by atoms with van der Waals surface area (Å²) in [6.45, 7) is 10.9. The molecule has 5 nitrogen and oxygen atoms in total. The van der Waals surface area contributed by atoms with Crippen LogP contribution < -0.4 is 0 Å². The Morgan fingerprint density at radius 2 is 1.91 bits per heavy atom. The van der Waals surface area contributed by atoms with Crippen LogP contribution in [0, 0.1) is 5.92 Å². The van der Waals surface area contributed by atoms with E-state index in [4.69, 9.17) is 21.3 Å². The summed E-state index contributed by atoms with van der Waals surface area (Å²) in [6, 6.07) is 6.01. The molecule has 2 aliphatic heterocycles. The van der Waals surface area contributed by atoms with Crippen molar-refractivity contribution in [2.45, 2.75) is 71.8 Å². The summed E-state index contributed by atoms with van der Waals surface area (Å²) in [5.74, 6) is 0.373. The van der Waals surface area contributed by atoms with E-state index in [9.17, 15) is 9.90 Å². The molecule has 1 aliphatic carbocycles. The highest BCUT2D eigenvalue weighted by molar-refractivity contribution is 6.30. The summed E-state index contributed by atoms with van der Waals surface area (Å²) in [4.78, 5) is 19.3. The zero-order chi connectivity index (χ0) is 25.6. The van der Waals surface area contributed by atoms with Gasteiger partial charge in [0.25, 0.3) is 0 Å². The molecule has 1 aromatic rings. The molecule has 0 spiro atoms. The van der Waals surface area contributed by atoms with Crippen LogP contribution in [0.15, 0.2) is 52.7 Å². The van der Waals surface area contributed by atoms with Gasteiger partial charge in [0.2, 0.25) is 0 Å². The van der Waals surface area contributed by atoms with Crippen molar-refractivity contribution >= 4 is 29.5 Å². The van der Waals surface area contributed by atoms with Gasteiger partial charge in [-0.2, -0.15) is 0 Å². The van der Waals surface area contributed by atoms with Gasteiger partial charge in [-0.25, -0.2) is 4.79 Å². The molecule has 1 N–H and O–H groups in total. The van der Waals surface area contributed by atoms with Crippen molar-refractivity contribution in [3.05, 3.63) is 63.8 Å². The van der Waals surface area contributed by atoms with E-state index in [0.29, 0.717) is 24.0 Å². The minimum absolute atomic E-state index is 0.0513. The summed E-state index contributed by atoms with van der Waals surface area (Å²) >= 11 is 6.36. The summed E-state index contributed by atoms with van der Waals surface area (Å²) in [6.07, 6.45) is 11.6. The minimum atomic E-state index is -0.501. The lowest BCUT2D eigenvalue weighted by Crippen LogP contribution is -2.43. The number of halogens is 1. The van der Waals surface area contributed by atoms with Crippen LogP contribution >= 0.6 is 11.6 Å². The van der Waals surface area contributed by atoms with Crippen molar-refractivity contribution in [2.75, 3.05) is 19.7 Å². The number of amides is 1. The van der Waals surface area contributed by atoms with E-state index in [-0.39, 0.29) is 18.6 Å². The maximum Gasteiger partial charge on any atom is 0.410 e. The van der Waals surface area contributed by atoms with E-state index in [1.165, 1.54) is 5.56 Å². The third-order valence-corrected chi connectivity index (χ3v) is 6.70. The Morgan fingerprint density at radius 1 is 1.20 bits per heavy atom. The highest BCUT2D eigenvalue weighted by Crippen LogP contribution is 2.43. The molecule has 1 atom stereocenters. The van der Waals surface area contributed by atoms with E-state index in [0.717, 1.165) is 48.1 Å². The number of aliphatic hydroxyl groups excluding tert-OH is 1. The van der Waals surface area contributed by atoms with E-state index < -0.39 is 5.60 Å². The highest BCUT2D eigenvalue weighted by Gasteiger charge is 2.37. The monoisotopic (exact) mass is 498 g/mol. The number of aliphatic imine (C=N–C) groups is 1. The molecule has 0 aromatic heterocycles. The second-order valence-corrected chi connectivity index (χ2v) is 10.4. The Morgan fingerprint density at radius 3 is 2.57 bits per heavy atom. The Kier molecular flexibility index (Phi) is 9.37. The van der Waals surface area contributed by atoms with Crippen LogP contribution in [-0.2, 0) is 4.74 Å². The van der Waals surface area contributed by atoms with Gasteiger partial charge in [-0.1, -0.05) is 43.7 Å². The first kappa shape index (κ1) is 27.2. The van der Waals surface area contributed by atoms with Crippen LogP contribution in [0.1, 0.15) is 77.3 Å². The third kappa shape index (κ3) is 6.65. The van der Waals surface area contributed by atoms with Crippen molar-refractivity contribution in [2.24, 2.45) is 10.9 Å². The van der Waals surface area contributed by atoms with Gasteiger partial charge < -0.3 is 14.7 Å². The molecule has 3 aliphatic rings. The summed E-state index contributed by atoms with van der Waals surface area (Å²) < 4.78 is 5.59. The van der Waals surface area contributed by atoms with Crippen molar-refractivity contribution in [3.8, 4) is 0 Å². The van der Waals surface area contributed by atoms with Gasteiger partial charge in [0.1, 0.15) is 5.60 Å². The smallest absolute Gasteiger partial charge is 0.410 e. The largest absolute Gasteiger partial charge is 0.444 e. The number of hydrogen-bond donors (Lipinski definition) is 1. The maximum absolute atomic E-state index is 12.6. The van der Waals surface area contributed by atoms with Crippen molar-refractivity contribution in [3.63, 3.8) is 0 Å². The molecule has 1 fully saturated rings. The fourth-order valence-corrected chi connectivity index (χ4v) is 5.15. The first-order chi connectivity index (χ1) is 16.8. The molecule has 1 aromatic carbocycles. The number of allylic oxidation sites excluding steroid dienone is 2. The van der Waals surface area contributed by atoms with Crippen LogP contribution in [0.3, 0.4) is 0 Å². The topological polar surface area (TPSA) is 62.1 Å². The van der Waals surface area contributed by atoms with Crippen molar-refractivity contribution < 1.29 is 14.6 Å². The van der Waals surface area contributed by atoms with E-state index in [1.807, 2.05) is 57.9 Å². The molecule has 1 amide bonds. The standard InChI is InChI=1S/C27H33ClN2O3.C2H6/c1-27(2,3)33-26(32)30-13-10-18(11-14-30)24-22-9-8-21(28)16-19(22)15-20(17-31)23-7-5-4-6-12-29-25(23)24;1-2/h6-9,12,15-16,18,24,31H,4-5,10-11,13-14,17H2,1-3H3;1-2H3/b12-6-,23-7-,29-25-;. The van der Waals surface area contributed by atoms with E-state index in [1.54, 1.807) is 0 Å². The SMILES string of the molecule is CC.CC(C)(C)OC(=O)N1CCC(C2C3=N\C=C/CC/C=C\3C(CO)=Cc3cc(Cl)ccc32)CC1. The van der Waals surface area contributed by atoms with Crippen LogP contribution in [0.5, 0.6) is 0 Å². The number of carbonyl (C=O) groups excluding carboxylic acids is 1. The van der Waals surface area contributed by atoms with Crippen LogP contribution in [0.4, 0.5) is 4.79 Å². The normalized spacial score (nSPS) is 24.4. The molecular formula is C29H39ClN2O3. The average Bonchev–Trinajstić information content (AvgIpc) is 2.93. The molecule has 1 saturated heterocycles. The van der Waals surface area contributed by atoms with Gasteiger partial charge in [-0.05, 0) is 92.9 Å². The van der Waals surface area contributed by atoms with Gasteiger partial charge >= 0.3 is 6.09 Å². The summed E-state index contributed by atoms with van der Waals surface area (Å²) in [5, 5.41) is 10.9. The number of ether oxygens (including phenoxy) is 1. The van der Waals surface area contributed by atoms with Gasteiger partial charge in [0.05, 0.1) is 12.3 Å². The number of aliphatic hydroxyl groups is 1. The average molecular weight is 499 g/mol. The Labute approximate surface area is 215 Å². The fourth-order valence-electron chi connectivity index (χ4n) is 4.97. The lowest BCUT2D eigenvalue weighted by Gasteiger charge is -2.37. The van der Waals surface area contributed by atoms with Crippen molar-refractivity contribution in [1.29, 1.82) is 0 Å². The Bertz CT molecular complexity index is 1020. The number of hydrogen-bond acceptors (Lipinski definition) is 4. The number of benzene rings is 1. The highest BCUT2D eigenvalue weighted by atomic mass is 35.5. The summed E-state index contributed by atoms with van der Waals surface area (Å²) in [7, 11) is 0. The lowest BCUT2D eigenvalue weighted by atomic mass is 9.74. The Hall–Kier alpha value is -2.37. The van der Waals surface area contributed by atoms with Crippen molar-refractivity contribution in [1.82, 2.24) is 4.90 Å².